The van der Waals surface area contributed by atoms with Crippen LogP contribution in [0.15, 0.2) is 93.9 Å². The van der Waals surface area contributed by atoms with Crippen LogP contribution in [-0.4, -0.2) is 53.3 Å². The van der Waals surface area contributed by atoms with Gasteiger partial charge >= 0.3 is 0 Å². The molecule has 0 radical (unpaired) electrons. The highest BCUT2D eigenvalue weighted by atomic mass is 14.8. The van der Waals surface area contributed by atoms with Crippen molar-refractivity contribution < 1.29 is 0 Å². The maximum Gasteiger partial charge on any atom is 0.0902 e. The van der Waals surface area contributed by atoms with E-state index in [4.69, 9.17) is 11.5 Å². The molecule has 0 rings (SSSR count). The minimum absolute atomic E-state index is 0.630. The smallest absolute Gasteiger partial charge is 0.0902 e. The van der Waals surface area contributed by atoms with Crippen molar-refractivity contribution in [3.63, 3.8) is 0 Å². The fourth-order valence-electron chi connectivity index (χ4n) is 0. The molecule has 0 aliphatic rings. The van der Waals surface area contributed by atoms with E-state index in [0.29, 0.717) is 11.7 Å². The molecule has 4 N–H and O–H groups in total. The molecule has 0 fully saturated rings. The van der Waals surface area contributed by atoms with Gasteiger partial charge in [-0.1, -0.05) is 34.4 Å². The van der Waals surface area contributed by atoms with Crippen LogP contribution in [0, 0.1) is 0 Å². The Bertz CT molecular complexity index is 469. The summed E-state index contributed by atoms with van der Waals surface area (Å²) >= 11 is 0. The molecule has 228 valence electrons. The predicted molar refractivity (Wildman–Crippen MR) is 191 cm³/mol. The van der Waals surface area contributed by atoms with Crippen LogP contribution >= 0.6 is 0 Å². The normalized spacial score (nSPS) is 7.26. The Balaban J connectivity index is -0.0000000288. The fourth-order valence-corrected chi connectivity index (χ4v) is 0. The number of rotatable bonds is 0. The van der Waals surface area contributed by atoms with Gasteiger partial charge in [0.05, 0.1) is 11.7 Å². The van der Waals surface area contributed by atoms with Gasteiger partial charge in [-0.2, -0.15) is 0 Å². The average Bonchev–Trinajstić information content (AvgIpc) is 2.69. The number of amidine groups is 2. The highest BCUT2D eigenvalue weighted by Gasteiger charge is 1.62. The summed E-state index contributed by atoms with van der Waals surface area (Å²) in [5.41, 5.74) is 14.7. The van der Waals surface area contributed by atoms with Gasteiger partial charge in [0.15, 0.2) is 0 Å². The molecule has 0 aromatic carbocycles. The molecular formula is C32H70N6. The molecule has 0 aliphatic carbocycles. The van der Waals surface area contributed by atoms with E-state index < -0.39 is 0 Å². The zero-order chi connectivity index (χ0) is 33.7. The highest BCUT2D eigenvalue weighted by Crippen LogP contribution is 1.74. The standard InChI is InChI=1S/4C4H8.2C3H8N2.2C3H6.2C2H5N/c4*1-4(2)3;2*1-3(4)5-2;4*1-3-2/h4*1H2,2-3H3;2*1-2H3,(H2,4,5);2*3H,1H2,2H3;2*1H2,2H3. The Morgan fingerprint density at radius 2 is 0.500 bits per heavy atom. The first-order valence-electron chi connectivity index (χ1n) is 11.8. The van der Waals surface area contributed by atoms with Gasteiger partial charge in [0.2, 0.25) is 0 Å². The maximum absolute atomic E-state index is 5.04. The zero-order valence-electron chi connectivity index (χ0n) is 28.8. The quantitative estimate of drug-likeness (QED) is 0.182. The Hall–Kier alpha value is -3.28. The second-order valence-corrected chi connectivity index (χ2v) is 8.01. The number of nitrogens with two attached hydrogens (primary N) is 2. The topological polar surface area (TPSA) is 101 Å². The maximum atomic E-state index is 5.04. The monoisotopic (exact) mass is 539 g/mol. The van der Waals surface area contributed by atoms with Crippen molar-refractivity contribution in [3.8, 4) is 0 Å². The summed E-state index contributed by atoms with van der Waals surface area (Å²) in [5, 5.41) is 0. The van der Waals surface area contributed by atoms with Crippen molar-refractivity contribution in [2.75, 3.05) is 28.2 Å². The van der Waals surface area contributed by atoms with E-state index in [0.717, 1.165) is 0 Å². The van der Waals surface area contributed by atoms with Gasteiger partial charge in [0.1, 0.15) is 0 Å². The molecule has 6 nitrogen and oxygen atoms in total. The summed E-state index contributed by atoms with van der Waals surface area (Å²) in [6, 6.07) is 0. The molecule has 0 amide bonds. The van der Waals surface area contributed by atoms with Gasteiger partial charge in [-0.15, -0.1) is 39.5 Å². The second kappa shape index (κ2) is 84.1. The van der Waals surface area contributed by atoms with Crippen LogP contribution in [0.3, 0.4) is 0 Å². The van der Waals surface area contributed by atoms with Gasteiger partial charge < -0.3 is 21.5 Å². The van der Waals surface area contributed by atoms with Crippen LogP contribution in [0.5, 0.6) is 0 Å². The fraction of sp³-hybridized carbons (Fsp3) is 0.500. The summed E-state index contributed by atoms with van der Waals surface area (Å²) in [6.45, 7) is 50.2. The van der Waals surface area contributed by atoms with Crippen LogP contribution in [0.2, 0.25) is 0 Å². The molecule has 0 aromatic heterocycles. The van der Waals surface area contributed by atoms with Crippen LogP contribution < -0.4 is 11.5 Å². The second-order valence-electron chi connectivity index (χ2n) is 8.01. The third kappa shape index (κ3) is 63500. The molecule has 0 heterocycles. The highest BCUT2D eigenvalue weighted by molar-refractivity contribution is 5.77. The number of nitrogens with zero attached hydrogens (tertiary/aromatic N) is 4. The SMILES string of the molecule is C=C(C)C.C=C(C)C.C=C(C)C.C=C(C)C.C=CC.C=CC.C=NC.C=NC.CN=C(C)N.CN=C(C)N. The molecule has 0 aromatic rings. The minimum atomic E-state index is 0.630. The Kier molecular flexibility index (Phi) is 143. The lowest BCUT2D eigenvalue weighted by atomic mass is 10.4. The summed E-state index contributed by atoms with van der Waals surface area (Å²) in [7, 11) is 6.60. The van der Waals surface area contributed by atoms with Crippen LogP contribution in [-0.2, 0) is 0 Å². The molecule has 0 bridgehead atoms. The summed E-state index contributed by atoms with van der Waals surface area (Å²) in [4.78, 5) is 13.7. The van der Waals surface area contributed by atoms with E-state index >= 15 is 0 Å². The predicted octanol–water partition coefficient (Wildman–Crippen LogP) is 9.33. The summed E-state index contributed by atoms with van der Waals surface area (Å²) < 4.78 is 0. The van der Waals surface area contributed by atoms with Crippen molar-refractivity contribution in [1.29, 1.82) is 0 Å². The molecule has 0 spiro atoms. The van der Waals surface area contributed by atoms with Gasteiger partial charge in [-0.25, -0.2) is 0 Å². The first-order valence-corrected chi connectivity index (χ1v) is 11.8. The molecule has 0 aliphatic heterocycles. The van der Waals surface area contributed by atoms with Crippen LogP contribution in [0.25, 0.3) is 0 Å². The van der Waals surface area contributed by atoms with Gasteiger partial charge in [-0.3, -0.25) is 9.98 Å². The van der Waals surface area contributed by atoms with Crippen molar-refractivity contribution in [1.82, 2.24) is 0 Å². The first-order chi connectivity index (χ1) is 17.1. The number of hydrogen-bond donors (Lipinski definition) is 2. The molecule has 38 heavy (non-hydrogen) atoms. The number of aliphatic imine (C=N–C) groups is 4. The van der Waals surface area contributed by atoms with E-state index in [9.17, 15) is 0 Å². The van der Waals surface area contributed by atoms with Crippen LogP contribution in [0.1, 0.15) is 83.1 Å². The molecule has 6 heteroatoms. The van der Waals surface area contributed by atoms with Crippen molar-refractivity contribution in [2.45, 2.75) is 83.1 Å². The van der Waals surface area contributed by atoms with Crippen molar-refractivity contribution in [2.24, 2.45) is 31.4 Å². The molecule has 0 unspecified atom stereocenters. The Labute approximate surface area is 241 Å². The lowest BCUT2D eigenvalue weighted by Crippen LogP contribution is -2.03. The number of allylic oxidation sites excluding steroid dienone is 6. The Morgan fingerprint density at radius 3 is 0.500 bits per heavy atom. The zero-order valence-corrected chi connectivity index (χ0v) is 28.8. The molecular weight excluding hydrogens is 468 g/mol. The third-order valence-electron chi connectivity index (χ3n) is 0.705. The molecule has 0 saturated heterocycles. The third-order valence-corrected chi connectivity index (χ3v) is 0.705. The average molecular weight is 539 g/mol. The minimum Gasteiger partial charge on any atom is -0.388 e. The van der Waals surface area contributed by atoms with E-state index in [1.807, 2.05) is 69.2 Å². The van der Waals surface area contributed by atoms with Gasteiger partial charge in [-0.05, 0) is 96.5 Å². The lowest BCUT2D eigenvalue weighted by molar-refractivity contribution is 1.38. The van der Waals surface area contributed by atoms with Gasteiger partial charge in [0.25, 0.3) is 0 Å². The van der Waals surface area contributed by atoms with E-state index in [2.05, 4.69) is 72.9 Å². The Morgan fingerprint density at radius 1 is 0.474 bits per heavy atom. The van der Waals surface area contributed by atoms with Gasteiger partial charge in [0, 0.05) is 28.2 Å². The largest absolute Gasteiger partial charge is 0.388 e. The van der Waals surface area contributed by atoms with E-state index in [1.54, 1.807) is 54.2 Å². The molecule has 0 saturated carbocycles. The lowest BCUT2D eigenvalue weighted by Gasteiger charge is -1.76. The summed E-state index contributed by atoms with van der Waals surface area (Å²) in [5.74, 6) is 1.26. The van der Waals surface area contributed by atoms with E-state index in [-0.39, 0.29) is 0 Å². The number of hydrogen-bond acceptors (Lipinski definition) is 4. The van der Waals surface area contributed by atoms with Crippen molar-refractivity contribution in [3.05, 3.63) is 73.9 Å². The van der Waals surface area contributed by atoms with E-state index in [1.165, 1.54) is 22.3 Å². The summed E-state index contributed by atoms with van der Waals surface area (Å²) in [6.07, 6.45) is 3.50. The molecule has 0 atom stereocenters. The van der Waals surface area contributed by atoms with Crippen molar-refractivity contribution >= 4 is 25.1 Å². The first kappa shape index (κ1) is 64.6. The van der Waals surface area contributed by atoms with Crippen LogP contribution in [0.4, 0.5) is 0 Å².